The summed E-state index contributed by atoms with van der Waals surface area (Å²) in [5.74, 6) is 0. The molecule has 0 bridgehead atoms. The Balaban J connectivity index is 2.05. The van der Waals surface area contributed by atoms with Crippen LogP contribution < -0.4 is 5.73 Å². The van der Waals surface area contributed by atoms with Gasteiger partial charge in [-0.1, -0.05) is 97.9 Å². The van der Waals surface area contributed by atoms with Crippen LogP contribution in [-0.2, 0) is 0 Å². The smallest absolute Gasteiger partial charge is 0.0394 e. The van der Waals surface area contributed by atoms with E-state index in [1.54, 1.807) is 0 Å². The summed E-state index contributed by atoms with van der Waals surface area (Å²) in [4.78, 5) is 0. The van der Waals surface area contributed by atoms with Gasteiger partial charge in [0.05, 0.1) is 0 Å². The second-order valence-corrected chi connectivity index (χ2v) is 10.9. The molecule has 1 nitrogen and oxygen atoms in total. The molecule has 4 rings (SSSR count). The second-order valence-electron chi connectivity index (χ2n) is 10.9. The van der Waals surface area contributed by atoms with E-state index in [-0.39, 0.29) is 21.7 Å². The minimum atomic E-state index is -0.129. The Morgan fingerprint density at radius 2 is 1.30 bits per heavy atom. The molecule has 0 aliphatic heterocycles. The number of hydrogen-bond donors (Lipinski definition) is 1. The molecule has 4 aliphatic carbocycles. The highest BCUT2D eigenvalue weighted by Gasteiger charge is 2.58. The molecule has 0 unspecified atom stereocenters. The lowest BCUT2D eigenvalue weighted by molar-refractivity contribution is 0.242. The third-order valence-electron chi connectivity index (χ3n) is 7.32. The first-order chi connectivity index (χ1) is 12.3. The van der Waals surface area contributed by atoms with Crippen LogP contribution in [0.2, 0.25) is 0 Å². The Bertz CT molecular complexity index is 957. The molecule has 0 saturated carbocycles. The minimum Gasteiger partial charge on any atom is -0.398 e. The van der Waals surface area contributed by atoms with Crippen molar-refractivity contribution in [3.05, 3.63) is 81.7 Å². The van der Waals surface area contributed by atoms with Crippen LogP contribution in [0.15, 0.2) is 81.7 Å². The Kier molecular flexibility index (Phi) is 3.44. The molecule has 142 valence electrons. The first-order valence-electron chi connectivity index (χ1n) is 10.1. The van der Waals surface area contributed by atoms with Crippen molar-refractivity contribution in [1.29, 1.82) is 0 Å². The minimum absolute atomic E-state index is 0.0278. The SMILES string of the molecule is CC(C)(C)C1=CC2=CC=C3C(N)=C(C(C)(C)C)C=C4C=CC(=C1)[C@]2(C)[C@]43C. The fraction of sp³-hybridized carbons (Fsp3) is 0.462. The molecule has 0 aromatic carbocycles. The van der Waals surface area contributed by atoms with E-state index in [0.29, 0.717) is 0 Å². The van der Waals surface area contributed by atoms with Crippen LogP contribution in [0.3, 0.4) is 0 Å². The summed E-state index contributed by atoms with van der Waals surface area (Å²) in [7, 11) is 0. The number of rotatable bonds is 0. The van der Waals surface area contributed by atoms with Gasteiger partial charge in [0.2, 0.25) is 0 Å². The Morgan fingerprint density at radius 1 is 0.704 bits per heavy atom. The maximum absolute atomic E-state index is 6.79. The van der Waals surface area contributed by atoms with E-state index in [1.807, 2.05) is 0 Å². The van der Waals surface area contributed by atoms with Crippen molar-refractivity contribution in [3.8, 4) is 0 Å². The Hall–Kier alpha value is -2.02. The quantitative estimate of drug-likeness (QED) is 0.521. The van der Waals surface area contributed by atoms with Crippen molar-refractivity contribution < 1.29 is 0 Å². The molecule has 0 heterocycles. The summed E-state index contributed by atoms with van der Waals surface area (Å²) < 4.78 is 0. The molecular formula is C26H33N. The summed E-state index contributed by atoms with van der Waals surface area (Å²) in [5, 5.41) is 0. The standard InChI is InChI=1S/C26H33N/c1-23(2,3)19-13-16-9-10-18-15-21(24(4,5)6)22(27)20-12-11-17(14-19)25(16,7)26(18,20)8/h9-15H,27H2,1-8H3/t25-,26+/m0/s1. The van der Waals surface area contributed by atoms with Crippen molar-refractivity contribution in [2.75, 3.05) is 0 Å². The molecule has 0 aromatic rings. The predicted octanol–water partition coefficient (Wildman–Crippen LogP) is 6.55. The van der Waals surface area contributed by atoms with Gasteiger partial charge in [-0.3, -0.25) is 0 Å². The Labute approximate surface area is 164 Å². The van der Waals surface area contributed by atoms with Crippen molar-refractivity contribution >= 4 is 0 Å². The van der Waals surface area contributed by atoms with E-state index < -0.39 is 0 Å². The lowest BCUT2D eigenvalue weighted by Gasteiger charge is -2.57. The third kappa shape index (κ3) is 2.18. The van der Waals surface area contributed by atoms with Crippen LogP contribution in [0.4, 0.5) is 0 Å². The molecular weight excluding hydrogens is 326 g/mol. The molecule has 0 amide bonds. The lowest BCUT2D eigenvalue weighted by Crippen LogP contribution is -2.49. The summed E-state index contributed by atoms with van der Waals surface area (Å²) >= 11 is 0. The van der Waals surface area contributed by atoms with Crippen LogP contribution >= 0.6 is 0 Å². The first-order valence-corrected chi connectivity index (χ1v) is 10.1. The average molecular weight is 360 g/mol. The third-order valence-corrected chi connectivity index (χ3v) is 7.32. The largest absolute Gasteiger partial charge is 0.398 e. The lowest BCUT2D eigenvalue weighted by atomic mass is 9.45. The van der Waals surface area contributed by atoms with Crippen molar-refractivity contribution in [2.24, 2.45) is 27.4 Å². The van der Waals surface area contributed by atoms with Gasteiger partial charge >= 0.3 is 0 Å². The monoisotopic (exact) mass is 359 g/mol. The van der Waals surface area contributed by atoms with Gasteiger partial charge in [0, 0.05) is 16.5 Å². The fourth-order valence-corrected chi connectivity index (χ4v) is 5.22. The zero-order valence-electron chi connectivity index (χ0n) is 18.1. The van der Waals surface area contributed by atoms with Crippen molar-refractivity contribution in [1.82, 2.24) is 0 Å². The summed E-state index contributed by atoms with van der Waals surface area (Å²) in [6.07, 6.45) is 16.4. The van der Waals surface area contributed by atoms with E-state index in [1.165, 1.54) is 33.4 Å². The molecule has 2 atom stereocenters. The van der Waals surface area contributed by atoms with Crippen LogP contribution in [0.1, 0.15) is 55.4 Å². The van der Waals surface area contributed by atoms with Gasteiger partial charge in [-0.05, 0) is 44.3 Å². The molecule has 4 aliphatic rings. The molecule has 27 heavy (non-hydrogen) atoms. The summed E-state index contributed by atoms with van der Waals surface area (Å²) in [6.45, 7) is 18.4. The molecule has 0 spiro atoms. The number of hydrogen-bond acceptors (Lipinski definition) is 1. The summed E-state index contributed by atoms with van der Waals surface area (Å²) in [5.41, 5.74) is 15.8. The van der Waals surface area contributed by atoms with Crippen LogP contribution in [0.25, 0.3) is 0 Å². The van der Waals surface area contributed by atoms with E-state index in [0.717, 1.165) is 5.70 Å². The first kappa shape index (κ1) is 18.3. The van der Waals surface area contributed by atoms with Crippen LogP contribution in [0, 0.1) is 21.7 Å². The van der Waals surface area contributed by atoms with Gasteiger partial charge < -0.3 is 5.73 Å². The van der Waals surface area contributed by atoms with E-state index in [2.05, 4.69) is 97.9 Å². The number of allylic oxidation sites excluding steroid dienone is 13. The molecule has 0 saturated heterocycles. The van der Waals surface area contributed by atoms with Gasteiger partial charge in [0.25, 0.3) is 0 Å². The van der Waals surface area contributed by atoms with Gasteiger partial charge in [-0.2, -0.15) is 0 Å². The van der Waals surface area contributed by atoms with E-state index in [9.17, 15) is 0 Å². The van der Waals surface area contributed by atoms with E-state index in [4.69, 9.17) is 5.73 Å². The highest BCUT2D eigenvalue weighted by atomic mass is 14.7. The fourth-order valence-electron chi connectivity index (χ4n) is 5.22. The topological polar surface area (TPSA) is 26.0 Å². The van der Waals surface area contributed by atoms with Gasteiger partial charge in [-0.15, -0.1) is 0 Å². The zero-order chi connectivity index (χ0) is 20.0. The Morgan fingerprint density at radius 3 is 1.85 bits per heavy atom. The maximum Gasteiger partial charge on any atom is 0.0394 e. The zero-order valence-corrected chi connectivity index (χ0v) is 18.1. The predicted molar refractivity (Wildman–Crippen MR) is 116 cm³/mol. The van der Waals surface area contributed by atoms with Crippen LogP contribution in [0.5, 0.6) is 0 Å². The van der Waals surface area contributed by atoms with Crippen molar-refractivity contribution in [3.63, 3.8) is 0 Å². The highest BCUT2D eigenvalue weighted by Crippen LogP contribution is 2.67. The molecule has 0 fully saturated rings. The number of nitrogens with two attached hydrogens (primary N) is 1. The van der Waals surface area contributed by atoms with Gasteiger partial charge in [0.15, 0.2) is 0 Å². The maximum atomic E-state index is 6.79. The summed E-state index contributed by atoms with van der Waals surface area (Å²) in [6, 6.07) is 0. The van der Waals surface area contributed by atoms with Crippen LogP contribution in [-0.4, -0.2) is 0 Å². The second kappa shape index (κ2) is 5.07. The van der Waals surface area contributed by atoms with Crippen molar-refractivity contribution in [2.45, 2.75) is 55.4 Å². The van der Waals surface area contributed by atoms with E-state index >= 15 is 0 Å². The average Bonchev–Trinajstić information content (AvgIpc) is 2.52. The molecule has 2 N–H and O–H groups in total. The molecule has 0 radical (unpaired) electrons. The van der Waals surface area contributed by atoms with Gasteiger partial charge in [-0.25, -0.2) is 0 Å². The normalized spacial score (nSPS) is 32.2. The highest BCUT2D eigenvalue weighted by molar-refractivity contribution is 5.70. The molecule has 0 aromatic heterocycles. The van der Waals surface area contributed by atoms with Gasteiger partial charge in [0.1, 0.15) is 0 Å². The molecule has 1 heteroatoms.